The molecule has 1 aromatic carbocycles. The minimum absolute atomic E-state index is 0.0971. The zero-order valence-corrected chi connectivity index (χ0v) is 7.57. The Morgan fingerprint density at radius 3 is 2.25 bits per heavy atom. The number of rotatable bonds is 3. The quantitative estimate of drug-likeness (QED) is 0.699. The molecule has 0 nitrogen and oxygen atoms in total. The van der Waals surface area contributed by atoms with Crippen molar-refractivity contribution in [1.29, 1.82) is 0 Å². The molecule has 0 aliphatic rings. The van der Waals surface area contributed by atoms with E-state index in [1.54, 1.807) is 23.9 Å². The molecule has 0 aromatic heterocycles. The molecule has 0 fully saturated rings. The Kier molecular flexibility index (Phi) is 3.53. The number of benzene rings is 1. The third-order valence-corrected chi connectivity index (χ3v) is 2.16. The van der Waals surface area contributed by atoms with Gasteiger partial charge in [-0.1, -0.05) is 24.3 Å². The summed E-state index contributed by atoms with van der Waals surface area (Å²) in [6.45, 7) is 0. The minimum Gasteiger partial charge on any atom is -0.205 e. The van der Waals surface area contributed by atoms with Crippen LogP contribution in [0.5, 0.6) is 0 Å². The monoisotopic (exact) mass is 188 g/mol. The van der Waals surface area contributed by atoms with Gasteiger partial charge in [-0.15, -0.1) is 0 Å². The maximum Gasteiger partial charge on any atom is 0.263 e. The zero-order chi connectivity index (χ0) is 8.97. The van der Waals surface area contributed by atoms with E-state index in [0.29, 0.717) is 0 Å². The van der Waals surface area contributed by atoms with Crippen molar-refractivity contribution in [3.8, 4) is 0 Å². The van der Waals surface area contributed by atoms with Crippen LogP contribution < -0.4 is 0 Å². The van der Waals surface area contributed by atoms with Gasteiger partial charge in [0.2, 0.25) is 0 Å². The second kappa shape index (κ2) is 4.45. The molecule has 66 valence electrons. The summed E-state index contributed by atoms with van der Waals surface area (Å²) in [6.07, 6.45) is -0.366. The van der Waals surface area contributed by atoms with Crippen molar-refractivity contribution in [1.82, 2.24) is 0 Å². The summed E-state index contributed by atoms with van der Waals surface area (Å²) in [5, 5.41) is 0. The van der Waals surface area contributed by atoms with E-state index in [2.05, 4.69) is 0 Å². The summed E-state index contributed by atoms with van der Waals surface area (Å²) in [5.74, 6) is 0.878. The van der Waals surface area contributed by atoms with Crippen molar-refractivity contribution in [3.05, 3.63) is 35.4 Å². The van der Waals surface area contributed by atoms with Crippen LogP contribution >= 0.6 is 11.8 Å². The van der Waals surface area contributed by atoms with Crippen LogP contribution in [-0.2, 0) is 5.75 Å². The molecular formula is C9H10F2S. The number of thioether (sulfide) groups is 1. The van der Waals surface area contributed by atoms with Gasteiger partial charge in [0.05, 0.1) is 0 Å². The van der Waals surface area contributed by atoms with Crippen molar-refractivity contribution in [2.45, 2.75) is 12.2 Å². The van der Waals surface area contributed by atoms with Gasteiger partial charge in [-0.2, -0.15) is 11.8 Å². The zero-order valence-electron chi connectivity index (χ0n) is 6.76. The molecule has 0 atom stereocenters. The summed E-state index contributed by atoms with van der Waals surface area (Å²) in [5.41, 5.74) is 1.19. The van der Waals surface area contributed by atoms with E-state index in [9.17, 15) is 8.78 Å². The van der Waals surface area contributed by atoms with Crippen LogP contribution in [-0.4, -0.2) is 6.26 Å². The number of halogens is 2. The average molecular weight is 188 g/mol. The van der Waals surface area contributed by atoms with Crippen molar-refractivity contribution in [2.24, 2.45) is 0 Å². The third-order valence-electron chi connectivity index (χ3n) is 1.54. The lowest BCUT2D eigenvalue weighted by atomic mass is 10.2. The average Bonchev–Trinajstić information content (AvgIpc) is 2.06. The molecule has 0 unspecified atom stereocenters. The number of hydrogen-bond acceptors (Lipinski definition) is 1. The molecule has 0 spiro atoms. The van der Waals surface area contributed by atoms with Crippen LogP contribution in [0.1, 0.15) is 17.6 Å². The summed E-state index contributed by atoms with van der Waals surface area (Å²) >= 11 is 1.68. The van der Waals surface area contributed by atoms with Crippen LogP contribution in [0, 0.1) is 0 Å². The molecule has 0 N–H and O–H groups in total. The lowest BCUT2D eigenvalue weighted by Gasteiger charge is -2.01. The molecule has 3 heteroatoms. The van der Waals surface area contributed by atoms with Crippen LogP contribution in [0.2, 0.25) is 0 Å². The maximum absolute atomic E-state index is 12.1. The first-order chi connectivity index (χ1) is 5.74. The highest BCUT2D eigenvalue weighted by Gasteiger charge is 2.04. The van der Waals surface area contributed by atoms with Gasteiger partial charge in [0, 0.05) is 11.3 Å². The standard InChI is InChI=1S/C9H10F2S/c1-12-6-7-2-4-8(5-3-7)9(10)11/h2-5,9H,6H2,1H3. The van der Waals surface area contributed by atoms with Crippen molar-refractivity contribution < 1.29 is 8.78 Å². The molecule has 1 aromatic rings. The summed E-state index contributed by atoms with van der Waals surface area (Å²) in [6, 6.07) is 6.46. The SMILES string of the molecule is CSCc1ccc(C(F)F)cc1. The lowest BCUT2D eigenvalue weighted by molar-refractivity contribution is 0.151. The molecule has 0 amide bonds. The van der Waals surface area contributed by atoms with Gasteiger partial charge in [-0.05, 0) is 11.8 Å². The smallest absolute Gasteiger partial charge is 0.205 e. The highest BCUT2D eigenvalue weighted by molar-refractivity contribution is 7.97. The Bertz CT molecular complexity index is 231. The van der Waals surface area contributed by atoms with Gasteiger partial charge in [0.1, 0.15) is 0 Å². The lowest BCUT2D eigenvalue weighted by Crippen LogP contribution is -1.85. The topological polar surface area (TPSA) is 0 Å². The summed E-state index contributed by atoms with van der Waals surface area (Å²) < 4.78 is 24.2. The van der Waals surface area contributed by atoms with E-state index in [4.69, 9.17) is 0 Å². The van der Waals surface area contributed by atoms with Gasteiger partial charge in [-0.25, -0.2) is 8.78 Å². The number of hydrogen-bond donors (Lipinski definition) is 0. The largest absolute Gasteiger partial charge is 0.263 e. The molecule has 1 rings (SSSR count). The van der Waals surface area contributed by atoms with E-state index >= 15 is 0 Å². The first-order valence-electron chi connectivity index (χ1n) is 3.60. The molecule has 0 aliphatic heterocycles. The molecule has 0 heterocycles. The van der Waals surface area contributed by atoms with Crippen molar-refractivity contribution in [3.63, 3.8) is 0 Å². The summed E-state index contributed by atoms with van der Waals surface area (Å²) in [4.78, 5) is 0. The Labute approximate surface area is 75.0 Å². The van der Waals surface area contributed by atoms with E-state index < -0.39 is 6.43 Å². The highest BCUT2D eigenvalue weighted by Crippen LogP contribution is 2.19. The van der Waals surface area contributed by atoms with Crippen molar-refractivity contribution >= 4 is 11.8 Å². The molecule has 0 saturated heterocycles. The Morgan fingerprint density at radius 1 is 1.25 bits per heavy atom. The fourth-order valence-corrected chi connectivity index (χ4v) is 1.45. The molecule has 12 heavy (non-hydrogen) atoms. The second-order valence-corrected chi connectivity index (χ2v) is 3.34. The minimum atomic E-state index is -2.35. The molecule has 0 aliphatic carbocycles. The third kappa shape index (κ3) is 2.48. The maximum atomic E-state index is 12.1. The predicted molar refractivity (Wildman–Crippen MR) is 48.6 cm³/mol. The van der Waals surface area contributed by atoms with Gasteiger partial charge in [0.25, 0.3) is 6.43 Å². The van der Waals surface area contributed by atoms with Gasteiger partial charge in [-0.3, -0.25) is 0 Å². The molecule has 0 saturated carbocycles. The van der Waals surface area contributed by atoms with Gasteiger partial charge >= 0.3 is 0 Å². The van der Waals surface area contributed by atoms with E-state index in [0.717, 1.165) is 11.3 Å². The Balaban J connectivity index is 2.71. The Hall–Kier alpha value is -0.570. The molecule has 0 bridgehead atoms. The van der Waals surface area contributed by atoms with E-state index in [1.165, 1.54) is 12.1 Å². The summed E-state index contributed by atoms with van der Waals surface area (Å²) in [7, 11) is 0. The fourth-order valence-electron chi connectivity index (χ4n) is 0.926. The first-order valence-corrected chi connectivity index (χ1v) is 4.99. The molecule has 0 radical (unpaired) electrons. The van der Waals surface area contributed by atoms with Crippen molar-refractivity contribution in [2.75, 3.05) is 6.26 Å². The van der Waals surface area contributed by atoms with Crippen LogP contribution in [0.25, 0.3) is 0 Å². The van der Waals surface area contributed by atoms with Crippen LogP contribution in [0.4, 0.5) is 8.78 Å². The van der Waals surface area contributed by atoms with Gasteiger partial charge < -0.3 is 0 Å². The van der Waals surface area contributed by atoms with Crippen LogP contribution in [0.15, 0.2) is 24.3 Å². The fraction of sp³-hybridized carbons (Fsp3) is 0.333. The Morgan fingerprint density at radius 2 is 1.83 bits per heavy atom. The van der Waals surface area contributed by atoms with Crippen LogP contribution in [0.3, 0.4) is 0 Å². The first kappa shape index (κ1) is 9.52. The normalized spacial score (nSPS) is 10.7. The second-order valence-electron chi connectivity index (χ2n) is 2.48. The van der Waals surface area contributed by atoms with E-state index in [1.807, 2.05) is 6.26 Å². The predicted octanol–water partition coefficient (Wildman–Crippen LogP) is 3.49. The highest BCUT2D eigenvalue weighted by atomic mass is 32.2. The molecular weight excluding hydrogens is 178 g/mol. The number of alkyl halides is 2. The van der Waals surface area contributed by atoms with Gasteiger partial charge in [0.15, 0.2) is 0 Å². The van der Waals surface area contributed by atoms with E-state index in [-0.39, 0.29) is 5.56 Å².